The summed E-state index contributed by atoms with van der Waals surface area (Å²) in [6.45, 7) is 5.87. The quantitative estimate of drug-likeness (QED) is 0.233. The van der Waals surface area contributed by atoms with Crippen LogP contribution in [0.1, 0.15) is 50.3 Å². The summed E-state index contributed by atoms with van der Waals surface area (Å²) >= 11 is 0. The van der Waals surface area contributed by atoms with E-state index in [1.807, 2.05) is 54.6 Å². The summed E-state index contributed by atoms with van der Waals surface area (Å²) in [6, 6.07) is 16.3. The van der Waals surface area contributed by atoms with Crippen molar-refractivity contribution in [3.63, 3.8) is 0 Å². The molecule has 0 saturated heterocycles. The minimum atomic E-state index is -0.809. The molecule has 0 bridgehead atoms. The lowest BCUT2D eigenvalue weighted by Gasteiger charge is -2.22. The minimum Gasteiger partial charge on any atom is -0.467 e. The normalized spacial score (nSPS) is 11.3. The van der Waals surface area contributed by atoms with Crippen molar-refractivity contribution >= 4 is 18.2 Å². The fraction of sp³-hybridized carbons (Fsp3) is 0.393. The molecule has 0 unspecified atom stereocenters. The SMILES string of the molecule is COC(=O)[C@H](CCc1ccc(C#CCCNC(=O)OCc2ccccc2)cc1)NC(=O)OC(C)(C)C. The molecule has 0 fully saturated rings. The summed E-state index contributed by atoms with van der Waals surface area (Å²) in [5.41, 5.74) is 2.09. The summed E-state index contributed by atoms with van der Waals surface area (Å²) in [5, 5.41) is 5.25. The average Bonchev–Trinajstić information content (AvgIpc) is 2.85. The van der Waals surface area contributed by atoms with E-state index in [0.29, 0.717) is 25.8 Å². The Bertz CT molecular complexity index is 1050. The molecule has 2 amide bonds. The molecule has 0 aliphatic carbocycles. The van der Waals surface area contributed by atoms with Gasteiger partial charge in [-0.1, -0.05) is 54.3 Å². The Morgan fingerprint density at radius 3 is 2.28 bits per heavy atom. The number of methoxy groups -OCH3 is 1. The number of nitrogens with one attached hydrogen (secondary N) is 2. The van der Waals surface area contributed by atoms with Crippen molar-refractivity contribution in [2.24, 2.45) is 0 Å². The van der Waals surface area contributed by atoms with Crippen LogP contribution in [0.2, 0.25) is 0 Å². The second kappa shape index (κ2) is 14.4. The van der Waals surface area contributed by atoms with Crippen LogP contribution in [0.15, 0.2) is 54.6 Å². The Balaban J connectivity index is 1.74. The van der Waals surface area contributed by atoms with E-state index >= 15 is 0 Å². The summed E-state index contributed by atoms with van der Waals surface area (Å²) < 4.78 is 15.2. The van der Waals surface area contributed by atoms with Gasteiger partial charge in [-0.05, 0) is 56.9 Å². The number of benzene rings is 2. The zero-order valence-corrected chi connectivity index (χ0v) is 21.3. The van der Waals surface area contributed by atoms with Crippen LogP contribution in [0.4, 0.5) is 9.59 Å². The van der Waals surface area contributed by atoms with Crippen LogP contribution in [-0.4, -0.2) is 43.5 Å². The largest absolute Gasteiger partial charge is 0.467 e. The fourth-order valence-electron chi connectivity index (χ4n) is 3.07. The van der Waals surface area contributed by atoms with Gasteiger partial charge in [0, 0.05) is 18.5 Å². The highest BCUT2D eigenvalue weighted by molar-refractivity contribution is 5.81. The summed E-state index contributed by atoms with van der Waals surface area (Å²) in [4.78, 5) is 35.8. The van der Waals surface area contributed by atoms with Crippen LogP contribution in [0.25, 0.3) is 0 Å². The first-order chi connectivity index (χ1) is 17.2. The van der Waals surface area contributed by atoms with Crippen LogP contribution < -0.4 is 10.6 Å². The zero-order valence-electron chi connectivity index (χ0n) is 21.3. The maximum Gasteiger partial charge on any atom is 0.408 e. The van der Waals surface area contributed by atoms with Crippen LogP contribution in [0.5, 0.6) is 0 Å². The van der Waals surface area contributed by atoms with Gasteiger partial charge in [0.2, 0.25) is 0 Å². The van der Waals surface area contributed by atoms with E-state index in [1.165, 1.54) is 7.11 Å². The molecule has 0 aromatic heterocycles. The van der Waals surface area contributed by atoms with Crippen molar-refractivity contribution < 1.29 is 28.6 Å². The molecule has 0 aliphatic rings. The van der Waals surface area contributed by atoms with Crippen molar-refractivity contribution in [2.45, 2.75) is 58.3 Å². The Labute approximate surface area is 212 Å². The topological polar surface area (TPSA) is 103 Å². The fourth-order valence-corrected chi connectivity index (χ4v) is 3.07. The molecule has 1 atom stereocenters. The van der Waals surface area contributed by atoms with Gasteiger partial charge in [-0.25, -0.2) is 14.4 Å². The van der Waals surface area contributed by atoms with E-state index in [4.69, 9.17) is 14.2 Å². The lowest BCUT2D eigenvalue weighted by molar-refractivity contribution is -0.143. The molecular formula is C28H34N2O6. The van der Waals surface area contributed by atoms with Crippen LogP contribution in [0, 0.1) is 11.8 Å². The first kappa shape index (κ1) is 28.2. The third kappa shape index (κ3) is 11.4. The molecule has 2 rings (SSSR count). The number of aryl methyl sites for hydroxylation is 1. The highest BCUT2D eigenvalue weighted by atomic mass is 16.6. The van der Waals surface area contributed by atoms with Crippen LogP contribution in [0.3, 0.4) is 0 Å². The zero-order chi connectivity index (χ0) is 26.4. The maximum atomic E-state index is 12.1. The van der Waals surface area contributed by atoms with Gasteiger partial charge in [-0.2, -0.15) is 0 Å². The van der Waals surface area contributed by atoms with Crippen LogP contribution in [-0.2, 0) is 32.0 Å². The van der Waals surface area contributed by atoms with Gasteiger partial charge in [0.25, 0.3) is 0 Å². The van der Waals surface area contributed by atoms with Gasteiger partial charge in [-0.15, -0.1) is 0 Å². The number of rotatable bonds is 9. The number of amides is 2. The number of esters is 1. The van der Waals surface area contributed by atoms with E-state index in [2.05, 4.69) is 22.5 Å². The van der Waals surface area contributed by atoms with Crippen molar-refractivity contribution in [1.82, 2.24) is 10.6 Å². The highest BCUT2D eigenvalue weighted by Gasteiger charge is 2.24. The van der Waals surface area contributed by atoms with Gasteiger partial charge >= 0.3 is 18.2 Å². The number of alkyl carbamates (subject to hydrolysis) is 2. The molecule has 8 nitrogen and oxygen atoms in total. The monoisotopic (exact) mass is 494 g/mol. The van der Waals surface area contributed by atoms with Crippen molar-refractivity contribution in [1.29, 1.82) is 0 Å². The first-order valence-electron chi connectivity index (χ1n) is 11.8. The highest BCUT2D eigenvalue weighted by Crippen LogP contribution is 2.11. The predicted octanol–water partition coefficient (Wildman–Crippen LogP) is 4.35. The van der Waals surface area contributed by atoms with Crippen molar-refractivity contribution in [2.75, 3.05) is 13.7 Å². The third-order valence-electron chi connectivity index (χ3n) is 4.82. The number of ether oxygens (including phenoxy) is 3. The number of carbonyl (C=O) groups is 3. The Morgan fingerprint density at radius 2 is 1.64 bits per heavy atom. The molecular weight excluding hydrogens is 460 g/mol. The predicted molar refractivity (Wildman–Crippen MR) is 136 cm³/mol. The van der Waals surface area contributed by atoms with E-state index in [1.54, 1.807) is 20.8 Å². The van der Waals surface area contributed by atoms with Crippen LogP contribution >= 0.6 is 0 Å². The molecule has 0 radical (unpaired) electrons. The minimum absolute atomic E-state index is 0.224. The Morgan fingerprint density at radius 1 is 0.944 bits per heavy atom. The van der Waals surface area contributed by atoms with E-state index in [0.717, 1.165) is 16.7 Å². The number of hydrogen-bond acceptors (Lipinski definition) is 6. The maximum absolute atomic E-state index is 12.1. The number of carbonyl (C=O) groups excluding carboxylic acids is 3. The van der Waals surface area contributed by atoms with E-state index in [9.17, 15) is 14.4 Å². The standard InChI is InChI=1S/C28H34N2O6/c1-28(2,3)36-27(33)30-24(25(31)34-4)18-17-22-15-13-21(14-16-22)10-8-9-19-29-26(32)35-20-23-11-6-5-7-12-23/h5-7,11-16,24H,9,17-20H2,1-4H3,(H,29,32)(H,30,33)/t24-/m0/s1. The molecule has 0 aliphatic heterocycles. The molecule has 2 N–H and O–H groups in total. The number of hydrogen-bond donors (Lipinski definition) is 2. The molecule has 8 heteroatoms. The summed E-state index contributed by atoms with van der Waals surface area (Å²) in [7, 11) is 1.28. The van der Waals surface area contributed by atoms with E-state index in [-0.39, 0.29) is 6.61 Å². The average molecular weight is 495 g/mol. The lowest BCUT2D eigenvalue weighted by Crippen LogP contribution is -2.44. The van der Waals surface area contributed by atoms with E-state index < -0.39 is 29.8 Å². The van der Waals surface area contributed by atoms with Crippen molar-refractivity contribution in [3.8, 4) is 11.8 Å². The summed E-state index contributed by atoms with van der Waals surface area (Å²) in [5.74, 6) is 5.55. The molecule has 36 heavy (non-hydrogen) atoms. The second-order valence-electron chi connectivity index (χ2n) is 9.00. The van der Waals surface area contributed by atoms with Gasteiger partial charge in [0.15, 0.2) is 0 Å². The van der Waals surface area contributed by atoms with Gasteiger partial charge in [0.1, 0.15) is 18.2 Å². The smallest absolute Gasteiger partial charge is 0.408 e. The lowest BCUT2D eigenvalue weighted by atomic mass is 10.0. The molecule has 0 spiro atoms. The molecule has 0 saturated carbocycles. The van der Waals surface area contributed by atoms with Gasteiger partial charge < -0.3 is 24.8 Å². The van der Waals surface area contributed by atoms with Crippen molar-refractivity contribution in [3.05, 3.63) is 71.3 Å². The van der Waals surface area contributed by atoms with Gasteiger partial charge in [-0.3, -0.25) is 0 Å². The molecule has 2 aromatic carbocycles. The second-order valence-corrected chi connectivity index (χ2v) is 9.00. The molecule has 2 aromatic rings. The summed E-state index contributed by atoms with van der Waals surface area (Å²) in [6.07, 6.45) is 0.263. The Kier molecular flexibility index (Phi) is 11.3. The Hall–Kier alpha value is -3.99. The first-order valence-corrected chi connectivity index (χ1v) is 11.8. The molecule has 0 heterocycles. The van der Waals surface area contributed by atoms with Gasteiger partial charge in [0.05, 0.1) is 7.11 Å². The third-order valence-corrected chi connectivity index (χ3v) is 4.82. The molecule has 192 valence electrons.